The van der Waals surface area contributed by atoms with Gasteiger partial charge in [-0.1, -0.05) is 20.3 Å². The van der Waals surface area contributed by atoms with Crippen LogP contribution in [0.4, 0.5) is 0 Å². The van der Waals surface area contributed by atoms with Gasteiger partial charge in [0.05, 0.1) is 0 Å². The van der Waals surface area contributed by atoms with Gasteiger partial charge < -0.3 is 30.5 Å². The Morgan fingerprint density at radius 1 is 1.38 bits per heavy atom. The molecule has 4 heteroatoms. The van der Waals surface area contributed by atoms with Gasteiger partial charge in [0, 0.05) is 0 Å². The molecule has 0 aromatic carbocycles. The average molecular weight is 191 g/mol. The minimum atomic E-state index is 0. The summed E-state index contributed by atoms with van der Waals surface area (Å²) in [6.07, 6.45) is 0.972. The van der Waals surface area contributed by atoms with E-state index in [-0.39, 0.29) is 52.6 Å². The predicted octanol–water partition coefficient (Wildman–Crippen LogP) is -4.16. The summed E-state index contributed by atoms with van der Waals surface area (Å²) in [5, 5.41) is 0. The molecule has 1 nitrogen and oxygen atoms in total. The molecular formula is C4H10Cl2NTi. The van der Waals surface area contributed by atoms with Crippen molar-refractivity contribution >= 4 is 0 Å². The van der Waals surface area contributed by atoms with Crippen molar-refractivity contribution in [3.8, 4) is 0 Å². The van der Waals surface area contributed by atoms with Crippen LogP contribution >= 0.6 is 0 Å². The number of rotatable bonds is 1. The maximum Gasteiger partial charge on any atom is 3.00 e. The van der Waals surface area contributed by atoms with E-state index in [1.165, 1.54) is 0 Å². The molecule has 0 aliphatic heterocycles. The van der Waals surface area contributed by atoms with Crippen LogP contribution in [0.3, 0.4) is 0 Å². The van der Waals surface area contributed by atoms with Crippen molar-refractivity contribution in [2.45, 2.75) is 26.3 Å². The Morgan fingerprint density at radius 3 is 1.50 bits per heavy atom. The van der Waals surface area contributed by atoms with Crippen LogP contribution in [0.15, 0.2) is 0 Å². The van der Waals surface area contributed by atoms with Crippen LogP contribution in [-0.2, 0) is 21.7 Å². The average Bonchev–Trinajstić information content (AvgIpc) is 1.38. The van der Waals surface area contributed by atoms with Crippen molar-refractivity contribution in [3.05, 3.63) is 5.73 Å². The first-order valence-electron chi connectivity index (χ1n) is 1.98. The van der Waals surface area contributed by atoms with Gasteiger partial charge in [-0.2, -0.15) is 0 Å². The van der Waals surface area contributed by atoms with E-state index in [0.717, 1.165) is 6.42 Å². The van der Waals surface area contributed by atoms with Crippen molar-refractivity contribution < 1.29 is 46.5 Å². The third-order valence-electron chi connectivity index (χ3n) is 0.612. The van der Waals surface area contributed by atoms with Crippen molar-refractivity contribution in [2.75, 3.05) is 0 Å². The second kappa shape index (κ2) is 15.7. The summed E-state index contributed by atoms with van der Waals surface area (Å²) in [5.41, 5.74) is 6.83. The van der Waals surface area contributed by atoms with Crippen molar-refractivity contribution in [2.24, 2.45) is 0 Å². The van der Waals surface area contributed by atoms with Crippen LogP contribution in [0.2, 0.25) is 0 Å². The number of hydrogen-bond acceptors (Lipinski definition) is 0. The molecular weight excluding hydrogens is 181 g/mol. The second-order valence-corrected chi connectivity index (χ2v) is 1.31. The molecule has 1 radical (unpaired) electrons. The molecule has 0 spiro atoms. The van der Waals surface area contributed by atoms with Gasteiger partial charge in [0.1, 0.15) is 0 Å². The molecule has 49 valence electrons. The number of halogens is 2. The fourth-order valence-electron chi connectivity index (χ4n) is 0. The molecule has 0 fully saturated rings. The fraction of sp³-hybridized carbons (Fsp3) is 1.00. The Kier molecular flexibility index (Phi) is 44.9. The van der Waals surface area contributed by atoms with Gasteiger partial charge in [0.15, 0.2) is 0 Å². The molecule has 0 saturated carbocycles. The van der Waals surface area contributed by atoms with Crippen LogP contribution < -0.4 is 24.8 Å². The van der Waals surface area contributed by atoms with Gasteiger partial charge in [-0.05, 0) is 0 Å². The monoisotopic (exact) mass is 190 g/mol. The van der Waals surface area contributed by atoms with Gasteiger partial charge in [-0.25, -0.2) is 0 Å². The zero-order valence-corrected chi connectivity index (χ0v) is 8.11. The molecule has 0 rings (SSSR count). The SMILES string of the molecule is CCC(C)[NH-].[Cl-].[Cl-].[Ti+3]. The smallest absolute Gasteiger partial charge is 1.00 e. The molecule has 0 amide bonds. The quantitative estimate of drug-likeness (QED) is 0.375. The van der Waals surface area contributed by atoms with E-state index in [9.17, 15) is 0 Å². The fourth-order valence-corrected chi connectivity index (χ4v) is 0. The summed E-state index contributed by atoms with van der Waals surface area (Å²) >= 11 is 0. The van der Waals surface area contributed by atoms with Crippen molar-refractivity contribution in [3.63, 3.8) is 0 Å². The van der Waals surface area contributed by atoms with Crippen LogP contribution in [0, 0.1) is 0 Å². The molecule has 8 heavy (non-hydrogen) atoms. The summed E-state index contributed by atoms with van der Waals surface area (Å²) in [6, 6.07) is 0.134. The van der Waals surface area contributed by atoms with Crippen molar-refractivity contribution in [1.29, 1.82) is 0 Å². The third kappa shape index (κ3) is 26.8. The number of hydrogen-bond donors (Lipinski definition) is 0. The standard InChI is InChI=1S/C4H10N.2ClH.Ti/c1-3-4(2)5;;;/h4-5H,3H2,1-2H3;2*1H;/q-1;;;+3/p-2. The molecule has 0 heterocycles. The van der Waals surface area contributed by atoms with Crippen LogP contribution in [0.5, 0.6) is 0 Å². The molecule has 0 aromatic heterocycles. The third-order valence-corrected chi connectivity index (χ3v) is 0.612. The normalized spacial score (nSPS) is 9.38. The van der Waals surface area contributed by atoms with Crippen molar-refractivity contribution in [1.82, 2.24) is 0 Å². The topological polar surface area (TPSA) is 23.8 Å². The minimum absolute atomic E-state index is 0. The zero-order valence-electron chi connectivity index (χ0n) is 5.04. The predicted molar refractivity (Wildman–Crippen MR) is 24.1 cm³/mol. The van der Waals surface area contributed by atoms with Crippen LogP contribution in [-0.4, -0.2) is 6.04 Å². The van der Waals surface area contributed by atoms with E-state index in [1.807, 2.05) is 13.8 Å². The summed E-state index contributed by atoms with van der Waals surface area (Å²) in [4.78, 5) is 0. The van der Waals surface area contributed by atoms with Gasteiger partial charge in [0.2, 0.25) is 0 Å². The van der Waals surface area contributed by atoms with Gasteiger partial charge in [0.25, 0.3) is 0 Å². The maximum atomic E-state index is 6.83. The Balaban J connectivity index is -0.0000000267. The van der Waals surface area contributed by atoms with E-state index in [4.69, 9.17) is 5.73 Å². The molecule has 1 N–H and O–H groups in total. The summed E-state index contributed by atoms with van der Waals surface area (Å²) in [5.74, 6) is 0. The van der Waals surface area contributed by atoms with E-state index in [1.54, 1.807) is 0 Å². The Bertz CT molecular complexity index is 28.0. The maximum absolute atomic E-state index is 6.83. The van der Waals surface area contributed by atoms with E-state index in [0.29, 0.717) is 0 Å². The number of nitrogens with one attached hydrogen (secondary N) is 1. The molecule has 0 aliphatic rings. The Labute approximate surface area is 78.5 Å². The van der Waals surface area contributed by atoms with E-state index in [2.05, 4.69) is 0 Å². The summed E-state index contributed by atoms with van der Waals surface area (Å²) in [7, 11) is 0. The first-order valence-corrected chi connectivity index (χ1v) is 1.98. The van der Waals surface area contributed by atoms with E-state index < -0.39 is 0 Å². The minimum Gasteiger partial charge on any atom is -1.00 e. The molecule has 0 aliphatic carbocycles. The summed E-state index contributed by atoms with van der Waals surface area (Å²) in [6.45, 7) is 3.90. The Hall–Kier alpha value is 1.25. The van der Waals surface area contributed by atoms with E-state index >= 15 is 0 Å². The van der Waals surface area contributed by atoms with Gasteiger partial charge in [-0.15, -0.1) is 6.04 Å². The molecule has 0 aromatic rings. The van der Waals surface area contributed by atoms with Gasteiger partial charge in [-0.3, -0.25) is 0 Å². The van der Waals surface area contributed by atoms with Crippen LogP contribution in [0.1, 0.15) is 20.3 Å². The van der Waals surface area contributed by atoms with Gasteiger partial charge >= 0.3 is 21.7 Å². The molecule has 0 bridgehead atoms. The zero-order chi connectivity index (χ0) is 4.28. The first kappa shape index (κ1) is 22.8. The molecule has 0 saturated heterocycles. The largest absolute Gasteiger partial charge is 3.00 e. The molecule has 1 atom stereocenters. The second-order valence-electron chi connectivity index (χ2n) is 1.31. The first-order chi connectivity index (χ1) is 2.27. The Morgan fingerprint density at radius 2 is 1.50 bits per heavy atom. The summed E-state index contributed by atoms with van der Waals surface area (Å²) < 4.78 is 0. The molecule has 1 unspecified atom stereocenters. The van der Waals surface area contributed by atoms with Crippen LogP contribution in [0.25, 0.3) is 5.73 Å².